The van der Waals surface area contributed by atoms with Gasteiger partial charge in [0.1, 0.15) is 0 Å². The number of hydrogen-bond donors (Lipinski definition) is 1. The van der Waals surface area contributed by atoms with Crippen LogP contribution in [-0.4, -0.2) is 21.8 Å². The number of nitrogens with one attached hydrogen (secondary N) is 1. The lowest BCUT2D eigenvalue weighted by Crippen LogP contribution is -2.51. The highest BCUT2D eigenvalue weighted by molar-refractivity contribution is 9.09. The van der Waals surface area contributed by atoms with Gasteiger partial charge in [0.15, 0.2) is 0 Å². The molecule has 0 aromatic carbocycles. The van der Waals surface area contributed by atoms with Crippen molar-refractivity contribution in [2.24, 2.45) is 0 Å². The SMILES string of the molecule is Cc1ccc(C(=O)NC2(CBr)CCCCC2)c(C)n1. The molecule has 0 bridgehead atoms. The first-order valence-electron chi connectivity index (χ1n) is 6.89. The molecular formula is C15H21BrN2O. The zero-order chi connectivity index (χ0) is 13.9. The summed E-state index contributed by atoms with van der Waals surface area (Å²) < 4.78 is 0. The molecule has 1 heterocycles. The number of halogens is 1. The van der Waals surface area contributed by atoms with Gasteiger partial charge in [0.05, 0.1) is 16.8 Å². The van der Waals surface area contributed by atoms with Gasteiger partial charge in [-0.05, 0) is 38.8 Å². The van der Waals surface area contributed by atoms with Crippen molar-refractivity contribution >= 4 is 21.8 Å². The van der Waals surface area contributed by atoms with E-state index in [0.717, 1.165) is 29.6 Å². The molecule has 1 aliphatic rings. The zero-order valence-electron chi connectivity index (χ0n) is 11.6. The van der Waals surface area contributed by atoms with Gasteiger partial charge in [0.25, 0.3) is 5.91 Å². The predicted molar refractivity (Wildman–Crippen MR) is 80.8 cm³/mol. The van der Waals surface area contributed by atoms with Crippen LogP contribution in [0.2, 0.25) is 0 Å². The van der Waals surface area contributed by atoms with Gasteiger partial charge in [-0.3, -0.25) is 9.78 Å². The molecule has 3 nitrogen and oxygen atoms in total. The van der Waals surface area contributed by atoms with Gasteiger partial charge in [-0.1, -0.05) is 35.2 Å². The van der Waals surface area contributed by atoms with Crippen LogP contribution in [0.1, 0.15) is 53.8 Å². The second-order valence-corrected chi connectivity index (χ2v) is 6.08. The Bertz CT molecular complexity index is 467. The topological polar surface area (TPSA) is 42.0 Å². The van der Waals surface area contributed by atoms with Crippen LogP contribution in [0, 0.1) is 13.8 Å². The molecule has 1 aromatic heterocycles. The van der Waals surface area contributed by atoms with Crippen LogP contribution >= 0.6 is 15.9 Å². The molecule has 1 aliphatic carbocycles. The van der Waals surface area contributed by atoms with E-state index in [0.29, 0.717) is 5.56 Å². The number of aryl methyl sites for hydroxylation is 2. The maximum absolute atomic E-state index is 12.4. The van der Waals surface area contributed by atoms with Crippen LogP contribution < -0.4 is 5.32 Å². The average molecular weight is 325 g/mol. The lowest BCUT2D eigenvalue weighted by atomic mass is 9.83. The summed E-state index contributed by atoms with van der Waals surface area (Å²) in [6.45, 7) is 3.83. The van der Waals surface area contributed by atoms with Gasteiger partial charge in [-0.15, -0.1) is 0 Å². The standard InChI is InChI=1S/C15H21BrN2O/c1-11-6-7-13(12(2)17-11)14(19)18-15(10-16)8-4-3-5-9-15/h6-7H,3-5,8-10H2,1-2H3,(H,18,19). The van der Waals surface area contributed by atoms with Crippen molar-refractivity contribution in [1.29, 1.82) is 0 Å². The molecule has 0 spiro atoms. The highest BCUT2D eigenvalue weighted by Crippen LogP contribution is 2.30. The molecule has 0 aliphatic heterocycles. The Morgan fingerprint density at radius 2 is 2.00 bits per heavy atom. The van der Waals surface area contributed by atoms with Crippen LogP contribution in [0.5, 0.6) is 0 Å². The Kier molecular flexibility index (Phi) is 4.61. The number of hydrogen-bond acceptors (Lipinski definition) is 2. The predicted octanol–water partition coefficient (Wildman–Crippen LogP) is 3.53. The molecular weight excluding hydrogens is 304 g/mol. The Balaban J connectivity index is 2.15. The summed E-state index contributed by atoms with van der Waals surface area (Å²) in [5.41, 5.74) is 2.36. The lowest BCUT2D eigenvalue weighted by molar-refractivity contribution is 0.0885. The van der Waals surface area contributed by atoms with E-state index in [-0.39, 0.29) is 11.4 Å². The molecule has 1 saturated carbocycles. The van der Waals surface area contributed by atoms with Gasteiger partial charge in [0, 0.05) is 11.0 Å². The van der Waals surface area contributed by atoms with E-state index in [1.54, 1.807) is 0 Å². The van der Waals surface area contributed by atoms with Crippen molar-refractivity contribution in [1.82, 2.24) is 10.3 Å². The van der Waals surface area contributed by atoms with Crippen molar-refractivity contribution < 1.29 is 4.79 Å². The molecule has 2 rings (SSSR count). The minimum Gasteiger partial charge on any atom is -0.346 e. The fourth-order valence-corrected chi connectivity index (χ4v) is 3.46. The molecule has 0 unspecified atom stereocenters. The Hall–Kier alpha value is -0.900. The molecule has 0 radical (unpaired) electrons. The van der Waals surface area contributed by atoms with E-state index < -0.39 is 0 Å². The zero-order valence-corrected chi connectivity index (χ0v) is 13.2. The molecule has 1 N–H and O–H groups in total. The van der Waals surface area contributed by atoms with Gasteiger partial charge in [-0.2, -0.15) is 0 Å². The Morgan fingerprint density at radius 3 is 2.58 bits per heavy atom. The van der Waals surface area contributed by atoms with Crippen LogP contribution in [0.25, 0.3) is 0 Å². The summed E-state index contributed by atoms with van der Waals surface area (Å²) in [5.74, 6) is 0.00588. The number of rotatable bonds is 3. The van der Waals surface area contributed by atoms with Crippen molar-refractivity contribution in [2.75, 3.05) is 5.33 Å². The summed E-state index contributed by atoms with van der Waals surface area (Å²) in [6.07, 6.45) is 5.77. The van der Waals surface area contributed by atoms with Crippen LogP contribution in [-0.2, 0) is 0 Å². The van der Waals surface area contributed by atoms with Gasteiger partial charge >= 0.3 is 0 Å². The molecule has 0 atom stereocenters. The number of pyridine rings is 1. The largest absolute Gasteiger partial charge is 0.346 e. The number of aromatic nitrogens is 1. The molecule has 104 valence electrons. The van der Waals surface area contributed by atoms with Crippen molar-refractivity contribution in [3.63, 3.8) is 0 Å². The summed E-state index contributed by atoms with van der Waals surface area (Å²) >= 11 is 3.57. The highest BCUT2D eigenvalue weighted by Gasteiger charge is 2.33. The third-order valence-electron chi connectivity index (χ3n) is 3.91. The van der Waals surface area contributed by atoms with E-state index in [9.17, 15) is 4.79 Å². The quantitative estimate of drug-likeness (QED) is 0.864. The Labute approximate surface area is 123 Å². The van der Waals surface area contributed by atoms with Crippen molar-refractivity contribution in [3.05, 3.63) is 29.1 Å². The molecule has 4 heteroatoms. The second-order valence-electron chi connectivity index (χ2n) is 5.51. The number of alkyl halides is 1. The van der Waals surface area contributed by atoms with Crippen LogP contribution in [0.15, 0.2) is 12.1 Å². The molecule has 19 heavy (non-hydrogen) atoms. The summed E-state index contributed by atoms with van der Waals surface area (Å²) in [6, 6.07) is 3.77. The van der Waals surface area contributed by atoms with E-state index in [1.165, 1.54) is 19.3 Å². The van der Waals surface area contributed by atoms with Gasteiger partial charge in [-0.25, -0.2) is 0 Å². The van der Waals surface area contributed by atoms with E-state index in [4.69, 9.17) is 0 Å². The first-order valence-corrected chi connectivity index (χ1v) is 8.01. The maximum atomic E-state index is 12.4. The average Bonchev–Trinajstić information content (AvgIpc) is 2.39. The first kappa shape index (κ1) is 14.5. The summed E-state index contributed by atoms with van der Waals surface area (Å²) in [7, 11) is 0. The third kappa shape index (κ3) is 3.35. The van der Waals surface area contributed by atoms with E-state index in [2.05, 4.69) is 26.2 Å². The monoisotopic (exact) mass is 324 g/mol. The fourth-order valence-electron chi connectivity index (χ4n) is 2.76. The van der Waals surface area contributed by atoms with Gasteiger partial charge in [0.2, 0.25) is 0 Å². The van der Waals surface area contributed by atoms with Crippen LogP contribution in [0.3, 0.4) is 0 Å². The van der Waals surface area contributed by atoms with E-state index >= 15 is 0 Å². The number of amides is 1. The number of nitrogens with zero attached hydrogens (tertiary/aromatic N) is 1. The normalized spacial score (nSPS) is 18.1. The maximum Gasteiger partial charge on any atom is 0.253 e. The lowest BCUT2D eigenvalue weighted by Gasteiger charge is -2.36. The van der Waals surface area contributed by atoms with Crippen molar-refractivity contribution in [3.8, 4) is 0 Å². The third-order valence-corrected chi connectivity index (χ3v) is 4.99. The van der Waals surface area contributed by atoms with Crippen LogP contribution in [0.4, 0.5) is 0 Å². The summed E-state index contributed by atoms with van der Waals surface area (Å²) in [4.78, 5) is 16.8. The minimum atomic E-state index is -0.0767. The van der Waals surface area contributed by atoms with E-state index in [1.807, 2.05) is 26.0 Å². The Morgan fingerprint density at radius 1 is 1.32 bits per heavy atom. The minimum absolute atomic E-state index is 0.00588. The second kappa shape index (κ2) is 6.04. The smallest absolute Gasteiger partial charge is 0.253 e. The number of carbonyl (C=O) groups excluding carboxylic acids is 1. The number of carbonyl (C=O) groups is 1. The molecule has 1 amide bonds. The molecule has 0 saturated heterocycles. The molecule has 1 fully saturated rings. The highest BCUT2D eigenvalue weighted by atomic mass is 79.9. The fraction of sp³-hybridized carbons (Fsp3) is 0.600. The van der Waals surface area contributed by atoms with Gasteiger partial charge < -0.3 is 5.32 Å². The molecule has 1 aromatic rings. The summed E-state index contributed by atoms with van der Waals surface area (Å²) in [5, 5.41) is 4.06. The van der Waals surface area contributed by atoms with Crippen molar-refractivity contribution in [2.45, 2.75) is 51.5 Å². The first-order chi connectivity index (χ1) is 9.06.